The molecule has 0 amide bonds. The number of benzene rings is 1. The second kappa shape index (κ2) is 7.97. The Morgan fingerprint density at radius 3 is 2.62 bits per heavy atom. The van der Waals surface area contributed by atoms with E-state index in [9.17, 15) is 4.39 Å². The Morgan fingerprint density at radius 1 is 1.33 bits per heavy atom. The van der Waals surface area contributed by atoms with Crippen LogP contribution in [0.25, 0.3) is 0 Å². The number of rotatable bonds is 6. The first-order chi connectivity index (χ1) is 10.1. The van der Waals surface area contributed by atoms with Crippen LogP contribution in [0.5, 0.6) is 0 Å². The first-order valence-electron chi connectivity index (χ1n) is 8.08. The van der Waals surface area contributed by atoms with Gasteiger partial charge in [0.15, 0.2) is 0 Å². The van der Waals surface area contributed by atoms with Crippen molar-refractivity contribution >= 4 is 27.5 Å². The van der Waals surface area contributed by atoms with E-state index in [1.54, 1.807) is 0 Å². The first-order valence-corrected chi connectivity index (χ1v) is 9.58. The fourth-order valence-corrected chi connectivity index (χ4v) is 4.49. The van der Waals surface area contributed by atoms with Crippen molar-refractivity contribution in [2.45, 2.75) is 58.3 Å². The second-order valence-electron chi connectivity index (χ2n) is 6.63. The predicted octanol–water partition coefficient (Wildman–Crippen LogP) is 6.78. The Balaban J connectivity index is 1.99. The molecule has 0 unspecified atom stereocenters. The minimum atomic E-state index is -0.250. The van der Waals surface area contributed by atoms with Crippen molar-refractivity contribution in [1.82, 2.24) is 0 Å². The molecule has 1 aromatic rings. The quantitative estimate of drug-likeness (QED) is 0.480. The van der Waals surface area contributed by atoms with E-state index in [0.717, 1.165) is 23.2 Å². The summed E-state index contributed by atoms with van der Waals surface area (Å²) in [6.07, 6.45) is 10.1. The molecule has 0 radical (unpaired) electrons. The summed E-state index contributed by atoms with van der Waals surface area (Å²) in [7, 11) is 0. The highest BCUT2D eigenvalue weighted by atomic mass is 79.9. The van der Waals surface area contributed by atoms with E-state index in [-0.39, 0.29) is 5.82 Å². The molecule has 0 spiro atoms. The zero-order valence-electron chi connectivity index (χ0n) is 12.8. The standard InChI is InChI=1S/C18H25BrClF/c1-2-3-4-14-7-9-18(13-19,10-8-14)12-15-5-6-16(21)11-17(15)20/h5-6,11,14H,2-4,7-10,12-13H2,1H3. The van der Waals surface area contributed by atoms with Crippen LogP contribution in [0.15, 0.2) is 18.2 Å². The maximum Gasteiger partial charge on any atom is 0.124 e. The molecule has 0 bridgehead atoms. The Bertz CT molecular complexity index is 453. The normalized spacial score (nSPS) is 26.0. The Kier molecular flexibility index (Phi) is 6.55. The predicted molar refractivity (Wildman–Crippen MR) is 92.8 cm³/mol. The first kappa shape index (κ1) is 17.3. The molecule has 0 aromatic heterocycles. The van der Waals surface area contributed by atoms with Gasteiger partial charge in [0.25, 0.3) is 0 Å². The van der Waals surface area contributed by atoms with Crippen LogP contribution < -0.4 is 0 Å². The minimum Gasteiger partial charge on any atom is -0.207 e. The SMILES string of the molecule is CCCCC1CCC(CBr)(Cc2ccc(F)cc2Cl)CC1. The van der Waals surface area contributed by atoms with Crippen LogP contribution in [0.3, 0.4) is 0 Å². The van der Waals surface area contributed by atoms with Gasteiger partial charge in [0.05, 0.1) is 0 Å². The highest BCUT2D eigenvalue weighted by Gasteiger charge is 2.34. The van der Waals surface area contributed by atoms with Gasteiger partial charge in [0.2, 0.25) is 0 Å². The molecule has 0 aliphatic heterocycles. The molecule has 21 heavy (non-hydrogen) atoms. The van der Waals surface area contributed by atoms with E-state index in [1.165, 1.54) is 57.1 Å². The van der Waals surface area contributed by atoms with Crippen LogP contribution >= 0.6 is 27.5 Å². The van der Waals surface area contributed by atoms with Crippen molar-refractivity contribution < 1.29 is 4.39 Å². The van der Waals surface area contributed by atoms with E-state index in [0.29, 0.717) is 10.4 Å². The van der Waals surface area contributed by atoms with Crippen molar-refractivity contribution in [2.24, 2.45) is 11.3 Å². The summed E-state index contributed by atoms with van der Waals surface area (Å²) in [6, 6.07) is 4.81. The lowest BCUT2D eigenvalue weighted by Gasteiger charge is -2.39. The highest BCUT2D eigenvalue weighted by molar-refractivity contribution is 9.09. The highest BCUT2D eigenvalue weighted by Crippen LogP contribution is 2.44. The molecule has 1 saturated carbocycles. The summed E-state index contributed by atoms with van der Waals surface area (Å²) in [5.41, 5.74) is 1.38. The third-order valence-corrected chi connectivity index (χ3v) is 6.54. The van der Waals surface area contributed by atoms with Crippen LogP contribution in [0.1, 0.15) is 57.4 Å². The maximum atomic E-state index is 13.2. The number of unbranched alkanes of at least 4 members (excludes halogenated alkanes) is 1. The average molecular weight is 376 g/mol. The van der Waals surface area contributed by atoms with Gasteiger partial charge in [0, 0.05) is 10.4 Å². The maximum absolute atomic E-state index is 13.2. The van der Waals surface area contributed by atoms with Crippen LogP contribution in [0.2, 0.25) is 5.02 Å². The smallest absolute Gasteiger partial charge is 0.124 e. The van der Waals surface area contributed by atoms with Gasteiger partial charge in [-0.3, -0.25) is 0 Å². The molecule has 0 heterocycles. The molecule has 0 N–H and O–H groups in total. The van der Waals surface area contributed by atoms with Gasteiger partial charge in [-0.05, 0) is 61.1 Å². The van der Waals surface area contributed by atoms with Crippen molar-refractivity contribution in [1.29, 1.82) is 0 Å². The lowest BCUT2D eigenvalue weighted by Crippen LogP contribution is -2.31. The zero-order valence-corrected chi connectivity index (χ0v) is 15.1. The van der Waals surface area contributed by atoms with E-state index in [2.05, 4.69) is 22.9 Å². The summed E-state index contributed by atoms with van der Waals surface area (Å²) < 4.78 is 13.2. The molecular formula is C18H25BrClF. The van der Waals surface area contributed by atoms with Gasteiger partial charge in [-0.1, -0.05) is 59.8 Å². The van der Waals surface area contributed by atoms with E-state index < -0.39 is 0 Å². The van der Waals surface area contributed by atoms with Crippen LogP contribution in [0.4, 0.5) is 4.39 Å². The fourth-order valence-electron chi connectivity index (χ4n) is 3.50. The summed E-state index contributed by atoms with van der Waals surface area (Å²) >= 11 is 9.93. The molecule has 0 saturated heterocycles. The third-order valence-electron chi connectivity index (χ3n) is 5.00. The summed E-state index contributed by atoms with van der Waals surface area (Å²) in [5, 5.41) is 1.58. The molecule has 1 aromatic carbocycles. The molecule has 1 aliphatic carbocycles. The molecule has 0 atom stereocenters. The van der Waals surface area contributed by atoms with E-state index in [1.807, 2.05) is 6.07 Å². The second-order valence-corrected chi connectivity index (χ2v) is 7.60. The molecule has 2 rings (SSSR count). The topological polar surface area (TPSA) is 0 Å². The molecule has 3 heteroatoms. The average Bonchev–Trinajstić information content (AvgIpc) is 2.49. The van der Waals surface area contributed by atoms with Crippen molar-refractivity contribution in [2.75, 3.05) is 5.33 Å². The zero-order chi connectivity index (χ0) is 15.3. The lowest BCUT2D eigenvalue weighted by atomic mass is 9.68. The summed E-state index contributed by atoms with van der Waals surface area (Å²) in [5.74, 6) is 0.653. The van der Waals surface area contributed by atoms with Gasteiger partial charge in [-0.25, -0.2) is 4.39 Å². The van der Waals surface area contributed by atoms with Gasteiger partial charge >= 0.3 is 0 Å². The van der Waals surface area contributed by atoms with E-state index in [4.69, 9.17) is 11.6 Å². The van der Waals surface area contributed by atoms with Gasteiger partial charge in [-0.15, -0.1) is 0 Å². The van der Waals surface area contributed by atoms with Gasteiger partial charge in [-0.2, -0.15) is 0 Å². The lowest BCUT2D eigenvalue weighted by molar-refractivity contribution is 0.168. The van der Waals surface area contributed by atoms with Crippen molar-refractivity contribution in [3.63, 3.8) is 0 Å². The van der Waals surface area contributed by atoms with Gasteiger partial charge < -0.3 is 0 Å². The van der Waals surface area contributed by atoms with Crippen molar-refractivity contribution in [3.8, 4) is 0 Å². The number of alkyl halides is 1. The number of hydrogen-bond donors (Lipinski definition) is 0. The van der Waals surface area contributed by atoms with Gasteiger partial charge in [0.1, 0.15) is 5.82 Å². The Labute approximate surface area is 141 Å². The molecule has 1 fully saturated rings. The summed E-state index contributed by atoms with van der Waals surface area (Å²) in [4.78, 5) is 0. The Morgan fingerprint density at radius 2 is 2.05 bits per heavy atom. The monoisotopic (exact) mass is 374 g/mol. The number of hydrogen-bond acceptors (Lipinski definition) is 0. The van der Waals surface area contributed by atoms with Crippen LogP contribution in [0, 0.1) is 17.2 Å². The van der Waals surface area contributed by atoms with E-state index >= 15 is 0 Å². The molecule has 1 aliphatic rings. The number of halogens is 3. The Hall–Kier alpha value is -0.0800. The summed E-state index contributed by atoms with van der Waals surface area (Å²) in [6.45, 7) is 2.27. The van der Waals surface area contributed by atoms with Crippen LogP contribution in [-0.2, 0) is 6.42 Å². The minimum absolute atomic E-state index is 0.250. The molecule has 0 nitrogen and oxygen atoms in total. The van der Waals surface area contributed by atoms with Crippen molar-refractivity contribution in [3.05, 3.63) is 34.6 Å². The molecule has 118 valence electrons. The largest absolute Gasteiger partial charge is 0.207 e. The van der Waals surface area contributed by atoms with Crippen LogP contribution in [-0.4, -0.2) is 5.33 Å². The molecular weight excluding hydrogens is 351 g/mol. The fraction of sp³-hybridized carbons (Fsp3) is 0.667. The third kappa shape index (κ3) is 4.69.